The van der Waals surface area contributed by atoms with Crippen LogP contribution in [-0.4, -0.2) is 68.4 Å². The Kier molecular flexibility index (Phi) is 8.23. The highest BCUT2D eigenvalue weighted by Crippen LogP contribution is 2.27. The first kappa shape index (κ1) is 24.2. The van der Waals surface area contributed by atoms with Gasteiger partial charge in [-0.1, -0.05) is 0 Å². The van der Waals surface area contributed by atoms with E-state index in [9.17, 15) is 14.0 Å². The molecule has 1 saturated carbocycles. The van der Waals surface area contributed by atoms with Gasteiger partial charge in [0.2, 0.25) is 5.91 Å². The van der Waals surface area contributed by atoms with Crippen molar-refractivity contribution in [3.05, 3.63) is 29.6 Å². The largest absolute Gasteiger partial charge is 0.497 e. The Bertz CT molecular complexity index is 835. The van der Waals surface area contributed by atoms with Crippen LogP contribution in [0.25, 0.3) is 0 Å². The Labute approximate surface area is 189 Å². The third-order valence-electron chi connectivity index (χ3n) is 6.30. The fourth-order valence-corrected chi connectivity index (χ4v) is 4.38. The molecule has 1 aromatic rings. The first-order chi connectivity index (χ1) is 15.3. The second-order valence-corrected chi connectivity index (χ2v) is 9.27. The molecule has 176 valence electrons. The molecule has 0 unspecified atom stereocenters. The van der Waals surface area contributed by atoms with Crippen LogP contribution in [0.1, 0.15) is 49.9 Å². The molecule has 1 aromatic carbocycles. The number of hydrogen-bond acceptors (Lipinski definition) is 5. The molecule has 1 saturated heterocycles. The Morgan fingerprint density at radius 3 is 2.72 bits per heavy atom. The molecule has 2 amide bonds. The van der Waals surface area contributed by atoms with Gasteiger partial charge < -0.3 is 19.7 Å². The van der Waals surface area contributed by atoms with E-state index in [0.717, 1.165) is 25.7 Å². The summed E-state index contributed by atoms with van der Waals surface area (Å²) in [5.74, 6) is 0.321. The number of nitrogens with zero attached hydrogens (tertiary/aromatic N) is 2. The maximum absolute atomic E-state index is 13.6. The Morgan fingerprint density at radius 2 is 2.03 bits per heavy atom. The van der Waals surface area contributed by atoms with Crippen LogP contribution in [-0.2, 0) is 9.53 Å². The van der Waals surface area contributed by atoms with Gasteiger partial charge in [-0.05, 0) is 63.5 Å². The second kappa shape index (κ2) is 10.9. The van der Waals surface area contributed by atoms with Crippen molar-refractivity contribution in [1.29, 1.82) is 0 Å². The van der Waals surface area contributed by atoms with Crippen LogP contribution in [0.3, 0.4) is 0 Å². The van der Waals surface area contributed by atoms with Crippen LogP contribution >= 0.6 is 0 Å². The lowest BCUT2D eigenvalue weighted by molar-refractivity contribution is -0.144. The quantitative estimate of drug-likeness (QED) is 0.652. The zero-order valence-corrected chi connectivity index (χ0v) is 19.2. The standard InChI is InChI=1S/C24H34FN3O4/c1-24(2)16-32-9-8-28(24)22(29)15-26-13-17-4-6-18(7-5-17)14-27-23(30)19-10-20(25)12-21(11-19)31-3/h10-13,17-18H,4-9,14-16H2,1-3H3,(H,27,30). The van der Waals surface area contributed by atoms with Gasteiger partial charge >= 0.3 is 0 Å². The van der Waals surface area contributed by atoms with E-state index in [1.54, 1.807) is 0 Å². The van der Waals surface area contributed by atoms with Crippen molar-refractivity contribution in [3.8, 4) is 5.75 Å². The Morgan fingerprint density at radius 1 is 1.28 bits per heavy atom. The van der Waals surface area contributed by atoms with Crippen LogP contribution in [0.5, 0.6) is 5.75 Å². The fourth-order valence-electron chi connectivity index (χ4n) is 4.38. The lowest BCUT2D eigenvalue weighted by atomic mass is 9.82. The SMILES string of the molecule is COc1cc(F)cc(C(=O)NCC2CCC(C=NCC(=O)N3CCOCC3(C)C)CC2)c1. The number of amides is 2. The normalized spacial score (nSPS) is 23.2. The van der Waals surface area contributed by atoms with Crippen LogP contribution in [0, 0.1) is 17.7 Å². The van der Waals surface area contributed by atoms with E-state index in [4.69, 9.17) is 9.47 Å². The number of benzene rings is 1. The summed E-state index contributed by atoms with van der Waals surface area (Å²) < 4.78 is 24.1. The molecule has 0 bridgehead atoms. The van der Waals surface area contributed by atoms with Crippen molar-refractivity contribution in [2.24, 2.45) is 16.8 Å². The highest BCUT2D eigenvalue weighted by molar-refractivity contribution is 5.94. The van der Waals surface area contributed by atoms with Crippen molar-refractivity contribution in [2.45, 2.75) is 45.1 Å². The highest BCUT2D eigenvalue weighted by atomic mass is 19.1. The van der Waals surface area contributed by atoms with E-state index in [-0.39, 0.29) is 29.5 Å². The van der Waals surface area contributed by atoms with E-state index in [1.807, 2.05) is 25.0 Å². The summed E-state index contributed by atoms with van der Waals surface area (Å²) in [6.07, 6.45) is 5.85. The lowest BCUT2D eigenvalue weighted by Crippen LogP contribution is -2.56. The number of carbonyl (C=O) groups excluding carboxylic acids is 2. The monoisotopic (exact) mass is 447 g/mol. The van der Waals surface area contributed by atoms with Gasteiger partial charge in [0.25, 0.3) is 5.91 Å². The molecule has 0 radical (unpaired) electrons. The molecule has 1 aliphatic heterocycles. The molecule has 2 fully saturated rings. The summed E-state index contributed by atoms with van der Waals surface area (Å²) in [4.78, 5) is 31.2. The lowest BCUT2D eigenvalue weighted by Gasteiger charge is -2.41. The first-order valence-electron chi connectivity index (χ1n) is 11.3. The minimum Gasteiger partial charge on any atom is -0.497 e. The van der Waals surface area contributed by atoms with Gasteiger partial charge in [-0.3, -0.25) is 14.6 Å². The summed E-state index contributed by atoms with van der Waals surface area (Å²) in [7, 11) is 1.44. The van der Waals surface area contributed by atoms with Crippen molar-refractivity contribution in [1.82, 2.24) is 10.2 Å². The molecule has 3 rings (SSSR count). The maximum atomic E-state index is 13.6. The van der Waals surface area contributed by atoms with Crippen molar-refractivity contribution < 1.29 is 23.5 Å². The summed E-state index contributed by atoms with van der Waals surface area (Å²) in [5, 5.41) is 2.91. The number of rotatable bonds is 7. The zero-order valence-electron chi connectivity index (χ0n) is 19.2. The molecule has 1 N–H and O–H groups in total. The summed E-state index contributed by atoms with van der Waals surface area (Å²) >= 11 is 0. The number of ether oxygens (including phenoxy) is 2. The summed E-state index contributed by atoms with van der Waals surface area (Å²) in [5.41, 5.74) is -0.0277. The fraction of sp³-hybridized carbons (Fsp3) is 0.625. The zero-order chi connectivity index (χ0) is 23.1. The summed E-state index contributed by atoms with van der Waals surface area (Å²) in [6.45, 7) is 6.50. The molecule has 0 spiro atoms. The molecule has 2 aliphatic rings. The third-order valence-corrected chi connectivity index (χ3v) is 6.30. The van der Waals surface area contributed by atoms with Crippen LogP contribution in [0.4, 0.5) is 4.39 Å². The van der Waals surface area contributed by atoms with Gasteiger partial charge in [0.15, 0.2) is 0 Å². The van der Waals surface area contributed by atoms with E-state index < -0.39 is 5.82 Å². The minimum atomic E-state index is -0.495. The van der Waals surface area contributed by atoms with Gasteiger partial charge in [0.1, 0.15) is 18.1 Å². The average molecular weight is 448 g/mol. The number of nitrogens with one attached hydrogen (secondary N) is 1. The predicted molar refractivity (Wildman–Crippen MR) is 121 cm³/mol. The van der Waals surface area contributed by atoms with Crippen molar-refractivity contribution >= 4 is 18.0 Å². The van der Waals surface area contributed by atoms with Crippen molar-refractivity contribution in [3.63, 3.8) is 0 Å². The van der Waals surface area contributed by atoms with E-state index >= 15 is 0 Å². The van der Waals surface area contributed by atoms with Crippen LogP contribution in [0.2, 0.25) is 0 Å². The molecule has 1 aliphatic carbocycles. The molecule has 32 heavy (non-hydrogen) atoms. The van der Waals surface area contributed by atoms with Gasteiger partial charge in [-0.2, -0.15) is 0 Å². The smallest absolute Gasteiger partial charge is 0.251 e. The van der Waals surface area contributed by atoms with Gasteiger partial charge in [0, 0.05) is 30.9 Å². The van der Waals surface area contributed by atoms with Gasteiger partial charge in [-0.25, -0.2) is 4.39 Å². The van der Waals surface area contributed by atoms with Crippen LogP contribution < -0.4 is 10.1 Å². The summed E-state index contributed by atoms with van der Waals surface area (Å²) in [6, 6.07) is 3.99. The minimum absolute atomic E-state index is 0.0416. The van der Waals surface area contributed by atoms with Gasteiger partial charge in [-0.15, -0.1) is 0 Å². The van der Waals surface area contributed by atoms with Crippen molar-refractivity contribution in [2.75, 3.05) is 40.0 Å². The Balaban J connectivity index is 1.39. The first-order valence-corrected chi connectivity index (χ1v) is 11.3. The number of morpholine rings is 1. The molecule has 0 atom stereocenters. The van der Waals surface area contributed by atoms with E-state index in [2.05, 4.69) is 10.3 Å². The Hall–Kier alpha value is -2.48. The molecule has 1 heterocycles. The highest BCUT2D eigenvalue weighted by Gasteiger charge is 2.33. The number of methoxy groups -OCH3 is 1. The van der Waals surface area contributed by atoms with Gasteiger partial charge in [0.05, 0.1) is 25.9 Å². The molecular weight excluding hydrogens is 413 g/mol. The number of halogens is 1. The average Bonchev–Trinajstić information content (AvgIpc) is 2.77. The molecule has 7 nitrogen and oxygen atoms in total. The van der Waals surface area contributed by atoms with E-state index in [0.29, 0.717) is 43.9 Å². The number of carbonyl (C=O) groups is 2. The number of hydrogen-bond donors (Lipinski definition) is 1. The maximum Gasteiger partial charge on any atom is 0.251 e. The molecule has 0 aromatic heterocycles. The topological polar surface area (TPSA) is 80.2 Å². The molecular formula is C24H34FN3O4. The second-order valence-electron chi connectivity index (χ2n) is 9.27. The predicted octanol–water partition coefficient (Wildman–Crippen LogP) is 3.08. The number of aliphatic imine (C=N–C) groups is 1. The van der Waals surface area contributed by atoms with Crippen LogP contribution in [0.15, 0.2) is 23.2 Å². The third kappa shape index (κ3) is 6.51. The van der Waals surface area contributed by atoms with E-state index in [1.165, 1.54) is 25.3 Å². The molecule has 8 heteroatoms.